The lowest BCUT2D eigenvalue weighted by Crippen LogP contribution is -2.08. The molecule has 1 aromatic heterocycles. The lowest BCUT2D eigenvalue weighted by atomic mass is 10.1. The van der Waals surface area contributed by atoms with Crippen LogP contribution >= 0.6 is 0 Å². The number of aryl methyl sites for hydroxylation is 1. The van der Waals surface area contributed by atoms with Gasteiger partial charge in [-0.1, -0.05) is 6.07 Å². The fourth-order valence-electron chi connectivity index (χ4n) is 1.48. The predicted molar refractivity (Wildman–Crippen MR) is 55.9 cm³/mol. The average molecular weight is 189 g/mol. The molecule has 1 N–H and O–H groups in total. The Morgan fingerprint density at radius 2 is 2.14 bits per heavy atom. The highest BCUT2D eigenvalue weighted by molar-refractivity contribution is 5.85. The van der Waals surface area contributed by atoms with E-state index in [0.717, 1.165) is 16.7 Å². The Labute approximate surface area is 81.3 Å². The zero-order chi connectivity index (χ0) is 10.1. The predicted octanol–water partition coefficient (Wildman–Crippen LogP) is 1.85. The maximum absolute atomic E-state index is 11.3. The van der Waals surface area contributed by atoms with Crippen LogP contribution in [0.1, 0.15) is 5.56 Å². The van der Waals surface area contributed by atoms with Gasteiger partial charge in [-0.3, -0.25) is 4.79 Å². The second-order valence-electron chi connectivity index (χ2n) is 3.20. The van der Waals surface area contributed by atoms with Crippen molar-refractivity contribution in [3.63, 3.8) is 0 Å². The number of fused-ring (bicyclic) bond motifs is 1. The number of ether oxygens (including phenoxy) is 1. The molecule has 0 saturated heterocycles. The van der Waals surface area contributed by atoms with Crippen molar-refractivity contribution in [2.75, 3.05) is 7.11 Å². The van der Waals surface area contributed by atoms with E-state index >= 15 is 0 Å². The van der Waals surface area contributed by atoms with Crippen molar-refractivity contribution >= 4 is 10.9 Å². The standard InChI is InChI=1S/C11H11NO2/c1-7-6-8-9(12-11(7)13)4-3-5-10(8)14-2/h3-6H,1-2H3,(H,12,13). The first-order valence-electron chi connectivity index (χ1n) is 4.39. The summed E-state index contributed by atoms with van der Waals surface area (Å²) in [7, 11) is 1.62. The third-order valence-electron chi connectivity index (χ3n) is 2.25. The van der Waals surface area contributed by atoms with Gasteiger partial charge in [0.1, 0.15) is 5.75 Å². The van der Waals surface area contributed by atoms with Crippen molar-refractivity contribution in [2.45, 2.75) is 6.92 Å². The molecule has 14 heavy (non-hydrogen) atoms. The number of rotatable bonds is 1. The summed E-state index contributed by atoms with van der Waals surface area (Å²) < 4.78 is 5.20. The van der Waals surface area contributed by atoms with Crippen molar-refractivity contribution < 1.29 is 4.74 Å². The number of aromatic nitrogens is 1. The largest absolute Gasteiger partial charge is 0.496 e. The maximum atomic E-state index is 11.3. The van der Waals surface area contributed by atoms with Crippen molar-refractivity contribution in [3.05, 3.63) is 40.2 Å². The molecular weight excluding hydrogens is 178 g/mol. The third kappa shape index (κ3) is 1.27. The van der Waals surface area contributed by atoms with Crippen LogP contribution in [0.3, 0.4) is 0 Å². The van der Waals surface area contributed by atoms with Crippen LogP contribution in [-0.4, -0.2) is 12.1 Å². The SMILES string of the molecule is COc1cccc2[nH]c(=O)c(C)cc12. The van der Waals surface area contributed by atoms with Crippen LogP contribution in [0.25, 0.3) is 10.9 Å². The fourth-order valence-corrected chi connectivity index (χ4v) is 1.48. The molecular formula is C11H11NO2. The zero-order valence-corrected chi connectivity index (χ0v) is 8.13. The molecule has 0 atom stereocenters. The number of hydrogen-bond acceptors (Lipinski definition) is 2. The van der Waals surface area contributed by atoms with Gasteiger partial charge >= 0.3 is 0 Å². The number of nitrogens with one attached hydrogen (secondary N) is 1. The van der Waals surface area contributed by atoms with Crippen LogP contribution in [-0.2, 0) is 0 Å². The number of H-pyrrole nitrogens is 1. The smallest absolute Gasteiger partial charge is 0.251 e. The Hall–Kier alpha value is -1.77. The first kappa shape index (κ1) is 8.81. The van der Waals surface area contributed by atoms with Crippen LogP contribution in [0.5, 0.6) is 5.75 Å². The van der Waals surface area contributed by atoms with Crippen LogP contribution in [0.4, 0.5) is 0 Å². The molecule has 0 aliphatic carbocycles. The van der Waals surface area contributed by atoms with Crippen molar-refractivity contribution in [1.82, 2.24) is 4.98 Å². The second-order valence-corrected chi connectivity index (χ2v) is 3.20. The minimum atomic E-state index is -0.0502. The number of methoxy groups -OCH3 is 1. The van der Waals surface area contributed by atoms with E-state index in [2.05, 4.69) is 4.98 Å². The summed E-state index contributed by atoms with van der Waals surface area (Å²) in [6.45, 7) is 1.78. The van der Waals surface area contributed by atoms with Crippen molar-refractivity contribution in [1.29, 1.82) is 0 Å². The molecule has 2 rings (SSSR count). The molecule has 0 spiro atoms. The van der Waals surface area contributed by atoms with E-state index in [9.17, 15) is 4.79 Å². The average Bonchev–Trinajstić information content (AvgIpc) is 2.19. The van der Waals surface area contributed by atoms with Gasteiger partial charge in [0.25, 0.3) is 5.56 Å². The first-order valence-corrected chi connectivity index (χ1v) is 4.39. The topological polar surface area (TPSA) is 42.1 Å². The lowest BCUT2D eigenvalue weighted by Gasteiger charge is -2.05. The van der Waals surface area contributed by atoms with Gasteiger partial charge in [-0.15, -0.1) is 0 Å². The van der Waals surface area contributed by atoms with Gasteiger partial charge in [0, 0.05) is 10.9 Å². The quantitative estimate of drug-likeness (QED) is 0.743. The van der Waals surface area contributed by atoms with Gasteiger partial charge in [0.05, 0.1) is 12.6 Å². The number of benzene rings is 1. The highest BCUT2D eigenvalue weighted by atomic mass is 16.5. The summed E-state index contributed by atoms with van der Waals surface area (Å²) in [4.78, 5) is 14.1. The maximum Gasteiger partial charge on any atom is 0.251 e. The van der Waals surface area contributed by atoms with Crippen molar-refractivity contribution in [2.24, 2.45) is 0 Å². The molecule has 3 heteroatoms. The van der Waals surface area contributed by atoms with E-state index in [0.29, 0.717) is 5.56 Å². The first-order chi connectivity index (χ1) is 6.72. The number of pyridine rings is 1. The van der Waals surface area contributed by atoms with Gasteiger partial charge in [-0.05, 0) is 25.1 Å². The van der Waals surface area contributed by atoms with Gasteiger partial charge in [0.15, 0.2) is 0 Å². The van der Waals surface area contributed by atoms with Crippen LogP contribution in [0, 0.1) is 6.92 Å². The number of hydrogen-bond donors (Lipinski definition) is 1. The molecule has 0 amide bonds. The molecule has 0 radical (unpaired) electrons. The van der Waals surface area contributed by atoms with E-state index in [1.54, 1.807) is 14.0 Å². The Balaban J connectivity index is 2.88. The summed E-state index contributed by atoms with van der Waals surface area (Å²) >= 11 is 0. The van der Waals surface area contributed by atoms with Gasteiger partial charge in [0.2, 0.25) is 0 Å². The molecule has 0 bridgehead atoms. The summed E-state index contributed by atoms with van der Waals surface area (Å²) in [5.41, 5.74) is 1.45. The minimum Gasteiger partial charge on any atom is -0.496 e. The monoisotopic (exact) mass is 189 g/mol. The Morgan fingerprint density at radius 3 is 2.86 bits per heavy atom. The van der Waals surface area contributed by atoms with Crippen LogP contribution in [0.15, 0.2) is 29.1 Å². The molecule has 0 unspecified atom stereocenters. The molecule has 0 saturated carbocycles. The number of aromatic amines is 1. The molecule has 1 aromatic carbocycles. The summed E-state index contributed by atoms with van der Waals surface area (Å²) in [6.07, 6.45) is 0. The van der Waals surface area contributed by atoms with E-state index < -0.39 is 0 Å². The van der Waals surface area contributed by atoms with Gasteiger partial charge < -0.3 is 9.72 Å². The Morgan fingerprint density at radius 1 is 1.36 bits per heavy atom. The Bertz CT molecular complexity index is 528. The molecule has 3 nitrogen and oxygen atoms in total. The molecule has 0 aliphatic heterocycles. The highest BCUT2D eigenvalue weighted by Crippen LogP contribution is 2.22. The minimum absolute atomic E-state index is 0.0502. The summed E-state index contributed by atoms with van der Waals surface area (Å²) in [5.74, 6) is 0.779. The van der Waals surface area contributed by atoms with Gasteiger partial charge in [-0.25, -0.2) is 0 Å². The fraction of sp³-hybridized carbons (Fsp3) is 0.182. The third-order valence-corrected chi connectivity index (χ3v) is 2.25. The normalized spacial score (nSPS) is 10.4. The van der Waals surface area contributed by atoms with E-state index in [4.69, 9.17) is 4.74 Å². The molecule has 1 heterocycles. The molecule has 72 valence electrons. The zero-order valence-electron chi connectivity index (χ0n) is 8.13. The molecule has 0 fully saturated rings. The lowest BCUT2D eigenvalue weighted by molar-refractivity contribution is 0.419. The van der Waals surface area contributed by atoms with Crippen molar-refractivity contribution in [3.8, 4) is 5.75 Å². The molecule has 0 aliphatic rings. The van der Waals surface area contributed by atoms with Crippen LogP contribution < -0.4 is 10.3 Å². The summed E-state index contributed by atoms with van der Waals surface area (Å²) in [6, 6.07) is 7.43. The van der Waals surface area contributed by atoms with E-state index in [1.807, 2.05) is 24.3 Å². The van der Waals surface area contributed by atoms with E-state index in [-0.39, 0.29) is 5.56 Å². The molecule has 2 aromatic rings. The van der Waals surface area contributed by atoms with Crippen LogP contribution in [0.2, 0.25) is 0 Å². The summed E-state index contributed by atoms with van der Waals surface area (Å²) in [5, 5.41) is 0.937. The highest BCUT2D eigenvalue weighted by Gasteiger charge is 2.02. The van der Waals surface area contributed by atoms with Gasteiger partial charge in [-0.2, -0.15) is 0 Å². The second kappa shape index (κ2) is 3.18. The van der Waals surface area contributed by atoms with E-state index in [1.165, 1.54) is 0 Å². The Kier molecular flexibility index (Phi) is 2.00.